The minimum absolute atomic E-state index is 0.120. The van der Waals surface area contributed by atoms with Gasteiger partial charge in [0.1, 0.15) is 17.9 Å². The summed E-state index contributed by atoms with van der Waals surface area (Å²) in [6.07, 6.45) is 2.43. The van der Waals surface area contributed by atoms with Crippen LogP contribution in [0.3, 0.4) is 0 Å². The number of benzene rings is 2. The van der Waals surface area contributed by atoms with Crippen LogP contribution in [0.1, 0.15) is 18.4 Å². The fourth-order valence-corrected chi connectivity index (χ4v) is 6.59. The van der Waals surface area contributed by atoms with E-state index in [0.29, 0.717) is 24.2 Å². The molecule has 0 bridgehead atoms. The van der Waals surface area contributed by atoms with Gasteiger partial charge in [0.25, 0.3) is 0 Å². The van der Waals surface area contributed by atoms with Gasteiger partial charge >= 0.3 is 0 Å². The average Bonchev–Trinajstić information content (AvgIpc) is 3.40. The lowest BCUT2D eigenvalue weighted by atomic mass is 10.0. The number of pyridine rings is 1. The number of morpholine rings is 1. The molecule has 0 unspecified atom stereocenters. The molecule has 2 saturated heterocycles. The molecule has 8 nitrogen and oxygen atoms in total. The number of H-pyrrole nitrogens is 1. The van der Waals surface area contributed by atoms with Gasteiger partial charge in [-0.3, -0.25) is 4.98 Å². The number of hydrogen-bond acceptors (Lipinski definition) is 7. The molecule has 0 aliphatic carbocycles. The minimum atomic E-state index is -2.98. The van der Waals surface area contributed by atoms with E-state index >= 15 is 0 Å². The molecule has 194 valence electrons. The van der Waals surface area contributed by atoms with Crippen LogP contribution < -0.4 is 9.64 Å². The predicted octanol–water partition coefficient (Wildman–Crippen LogP) is 4.56. The van der Waals surface area contributed by atoms with E-state index in [0.717, 1.165) is 59.7 Å². The number of sulfone groups is 1. The van der Waals surface area contributed by atoms with Crippen molar-refractivity contribution < 1.29 is 17.9 Å². The van der Waals surface area contributed by atoms with Crippen molar-refractivity contribution in [2.75, 3.05) is 42.7 Å². The first kappa shape index (κ1) is 24.5. The van der Waals surface area contributed by atoms with Crippen LogP contribution in [-0.2, 0) is 14.6 Å². The minimum Gasteiger partial charge on any atom is -0.489 e. The number of ether oxygens (including phenoxy) is 2. The molecule has 0 spiro atoms. The number of nitrogens with zero attached hydrogens (tertiary/aromatic N) is 3. The van der Waals surface area contributed by atoms with Crippen LogP contribution in [-0.4, -0.2) is 62.3 Å². The second kappa shape index (κ2) is 10.1. The van der Waals surface area contributed by atoms with Crippen molar-refractivity contribution in [3.8, 4) is 34.3 Å². The molecule has 2 fully saturated rings. The van der Waals surface area contributed by atoms with Gasteiger partial charge in [-0.2, -0.15) is 5.26 Å². The Morgan fingerprint density at radius 1 is 1.00 bits per heavy atom. The zero-order valence-electron chi connectivity index (χ0n) is 20.9. The summed E-state index contributed by atoms with van der Waals surface area (Å²) in [5, 5.41) is 10.8. The van der Waals surface area contributed by atoms with Gasteiger partial charge in [-0.1, -0.05) is 12.1 Å². The topological polar surface area (TPSA) is 108 Å². The van der Waals surface area contributed by atoms with Crippen LogP contribution >= 0.6 is 0 Å². The van der Waals surface area contributed by atoms with Crippen molar-refractivity contribution in [1.29, 1.82) is 5.26 Å². The molecule has 4 heterocycles. The molecule has 0 saturated carbocycles. The molecule has 2 aliphatic heterocycles. The highest BCUT2D eigenvalue weighted by atomic mass is 32.2. The van der Waals surface area contributed by atoms with Crippen LogP contribution in [0, 0.1) is 11.3 Å². The van der Waals surface area contributed by atoms with Crippen molar-refractivity contribution >= 4 is 26.4 Å². The van der Waals surface area contributed by atoms with E-state index in [2.05, 4.69) is 51.3 Å². The fourth-order valence-electron chi connectivity index (χ4n) is 5.15. The maximum absolute atomic E-state index is 11.7. The van der Waals surface area contributed by atoms with Crippen LogP contribution in [0.5, 0.6) is 5.75 Å². The fraction of sp³-hybridized carbons (Fsp3) is 0.310. The number of aromatic nitrogens is 2. The van der Waals surface area contributed by atoms with Crippen LogP contribution in [0.4, 0.5) is 5.69 Å². The maximum atomic E-state index is 11.7. The van der Waals surface area contributed by atoms with E-state index in [-0.39, 0.29) is 17.6 Å². The summed E-state index contributed by atoms with van der Waals surface area (Å²) in [4.78, 5) is 10.5. The Kier molecular flexibility index (Phi) is 6.52. The number of fused-ring (bicyclic) bond motifs is 1. The molecule has 38 heavy (non-hydrogen) atoms. The molecular formula is C29H28N4O4S. The Hall–Kier alpha value is -3.87. The number of nitrogens with one attached hydrogen (secondary N) is 1. The van der Waals surface area contributed by atoms with Gasteiger partial charge in [0.05, 0.1) is 36.0 Å². The van der Waals surface area contributed by atoms with Crippen molar-refractivity contribution in [2.45, 2.75) is 18.9 Å². The first-order valence-electron chi connectivity index (χ1n) is 12.8. The molecular weight excluding hydrogens is 500 g/mol. The van der Waals surface area contributed by atoms with Gasteiger partial charge in [0.2, 0.25) is 0 Å². The van der Waals surface area contributed by atoms with E-state index in [4.69, 9.17) is 9.47 Å². The third-order valence-electron chi connectivity index (χ3n) is 7.27. The standard InChI is InChI=1S/C29H28N4O4S/c30-19-22-17-21(3-6-28(22)37-24-8-15-38(34,35)16-9-24)29-25-18-27(32-26(25)7-10-31-29)20-1-4-23(5-2-20)33-11-13-36-14-12-33/h1-7,10,17-18,24,32H,8-9,11-16H2. The zero-order valence-corrected chi connectivity index (χ0v) is 21.7. The van der Waals surface area contributed by atoms with E-state index < -0.39 is 9.84 Å². The Morgan fingerprint density at radius 3 is 2.47 bits per heavy atom. The molecule has 6 rings (SSSR count). The van der Waals surface area contributed by atoms with E-state index in [1.165, 1.54) is 5.69 Å². The molecule has 2 aliphatic rings. The van der Waals surface area contributed by atoms with Gasteiger partial charge in [0.15, 0.2) is 9.84 Å². The summed E-state index contributed by atoms with van der Waals surface area (Å²) >= 11 is 0. The first-order valence-corrected chi connectivity index (χ1v) is 14.6. The Balaban J connectivity index is 1.26. The molecule has 2 aromatic carbocycles. The van der Waals surface area contributed by atoms with Crippen LogP contribution in [0.2, 0.25) is 0 Å². The number of anilines is 1. The highest BCUT2D eigenvalue weighted by Gasteiger charge is 2.25. The Labute approximate surface area is 221 Å². The second-order valence-corrected chi connectivity index (χ2v) is 12.0. The largest absolute Gasteiger partial charge is 0.489 e. The summed E-state index contributed by atoms with van der Waals surface area (Å²) in [5.74, 6) is 0.716. The van der Waals surface area contributed by atoms with Gasteiger partial charge < -0.3 is 19.4 Å². The highest BCUT2D eigenvalue weighted by Crippen LogP contribution is 2.34. The predicted molar refractivity (Wildman–Crippen MR) is 147 cm³/mol. The highest BCUT2D eigenvalue weighted by molar-refractivity contribution is 7.91. The van der Waals surface area contributed by atoms with Crippen molar-refractivity contribution in [2.24, 2.45) is 0 Å². The Bertz CT molecular complexity index is 1600. The lowest BCUT2D eigenvalue weighted by Gasteiger charge is -2.28. The summed E-state index contributed by atoms with van der Waals surface area (Å²) in [7, 11) is -2.98. The summed E-state index contributed by atoms with van der Waals surface area (Å²) in [6, 6.07) is 20.3. The van der Waals surface area contributed by atoms with E-state index in [9.17, 15) is 13.7 Å². The normalized spacial score (nSPS) is 17.8. The molecule has 0 radical (unpaired) electrons. The number of hydrogen-bond donors (Lipinski definition) is 1. The molecule has 1 N–H and O–H groups in total. The molecule has 0 atom stereocenters. The maximum Gasteiger partial charge on any atom is 0.150 e. The SMILES string of the molecule is N#Cc1cc(-c2nccc3[nH]c(-c4ccc(N5CCOCC5)cc4)cc23)ccc1OC1CCS(=O)(=O)CC1. The zero-order chi connectivity index (χ0) is 26.1. The molecule has 0 amide bonds. The van der Waals surface area contributed by atoms with Gasteiger partial charge in [-0.25, -0.2) is 8.42 Å². The van der Waals surface area contributed by atoms with E-state index in [1.807, 2.05) is 12.1 Å². The van der Waals surface area contributed by atoms with Crippen LogP contribution in [0.25, 0.3) is 33.4 Å². The summed E-state index contributed by atoms with van der Waals surface area (Å²) < 4.78 is 35.0. The van der Waals surface area contributed by atoms with Crippen molar-refractivity contribution in [3.05, 3.63) is 66.4 Å². The first-order chi connectivity index (χ1) is 18.5. The molecule has 9 heteroatoms. The average molecular weight is 529 g/mol. The third kappa shape index (κ3) is 4.97. The molecule has 2 aromatic heterocycles. The number of aromatic amines is 1. The number of nitriles is 1. The lowest BCUT2D eigenvalue weighted by molar-refractivity contribution is 0.122. The lowest BCUT2D eigenvalue weighted by Crippen LogP contribution is -2.36. The Morgan fingerprint density at radius 2 is 1.74 bits per heavy atom. The van der Waals surface area contributed by atoms with Gasteiger partial charge in [0, 0.05) is 47.1 Å². The number of rotatable bonds is 5. The smallest absolute Gasteiger partial charge is 0.150 e. The van der Waals surface area contributed by atoms with Crippen molar-refractivity contribution in [1.82, 2.24) is 9.97 Å². The van der Waals surface area contributed by atoms with Gasteiger partial charge in [-0.05, 0) is 60.9 Å². The third-order valence-corrected chi connectivity index (χ3v) is 8.99. The van der Waals surface area contributed by atoms with E-state index in [1.54, 1.807) is 18.3 Å². The second-order valence-electron chi connectivity index (χ2n) is 9.74. The monoisotopic (exact) mass is 528 g/mol. The van der Waals surface area contributed by atoms with Crippen LogP contribution in [0.15, 0.2) is 60.8 Å². The summed E-state index contributed by atoms with van der Waals surface area (Å²) in [6.45, 7) is 3.31. The van der Waals surface area contributed by atoms with Gasteiger partial charge in [-0.15, -0.1) is 0 Å². The molecule has 4 aromatic rings. The summed E-state index contributed by atoms with van der Waals surface area (Å²) in [5.41, 5.74) is 6.24. The quantitative estimate of drug-likeness (QED) is 0.404. The van der Waals surface area contributed by atoms with Crippen molar-refractivity contribution in [3.63, 3.8) is 0 Å².